The molecule has 0 atom stereocenters. The number of carbonyl (C=O) groups excluding carboxylic acids is 1. The van der Waals surface area contributed by atoms with E-state index in [4.69, 9.17) is 18.9 Å². The van der Waals surface area contributed by atoms with E-state index >= 15 is 0 Å². The third-order valence-corrected chi connectivity index (χ3v) is 6.36. The SMILES string of the molecule is COc1ccc(C2=C(c3ccc(OC)cc3)/C(=C/c3cc(Br)c(OC)c(Br)c3)OC2=O)cc1. The van der Waals surface area contributed by atoms with Gasteiger partial charge in [0.1, 0.15) is 23.0 Å². The molecule has 0 saturated carbocycles. The summed E-state index contributed by atoms with van der Waals surface area (Å²) in [5.74, 6) is 2.17. The number of ether oxygens (including phenoxy) is 4. The van der Waals surface area contributed by atoms with Crippen molar-refractivity contribution < 1.29 is 23.7 Å². The Labute approximate surface area is 208 Å². The average Bonchev–Trinajstić information content (AvgIpc) is 3.14. The van der Waals surface area contributed by atoms with E-state index in [0.717, 1.165) is 31.4 Å². The molecule has 33 heavy (non-hydrogen) atoms. The summed E-state index contributed by atoms with van der Waals surface area (Å²) in [6, 6.07) is 18.7. The van der Waals surface area contributed by atoms with Crippen LogP contribution in [0.2, 0.25) is 0 Å². The number of rotatable bonds is 6. The van der Waals surface area contributed by atoms with Crippen LogP contribution >= 0.6 is 31.9 Å². The highest BCUT2D eigenvalue weighted by Crippen LogP contribution is 2.42. The Morgan fingerprint density at radius 3 is 1.67 bits per heavy atom. The molecule has 0 N–H and O–H groups in total. The Balaban J connectivity index is 1.90. The van der Waals surface area contributed by atoms with Gasteiger partial charge in [-0.3, -0.25) is 0 Å². The number of cyclic esters (lactones) is 1. The van der Waals surface area contributed by atoms with Crippen molar-refractivity contribution in [2.45, 2.75) is 0 Å². The predicted octanol–water partition coefficient (Wildman–Crippen LogP) is 6.75. The molecule has 3 aromatic carbocycles. The van der Waals surface area contributed by atoms with Crippen LogP contribution in [0.1, 0.15) is 16.7 Å². The smallest absolute Gasteiger partial charge is 0.344 e. The second kappa shape index (κ2) is 9.85. The van der Waals surface area contributed by atoms with Crippen molar-refractivity contribution in [1.82, 2.24) is 0 Å². The van der Waals surface area contributed by atoms with E-state index in [0.29, 0.717) is 28.4 Å². The number of methoxy groups -OCH3 is 3. The van der Waals surface area contributed by atoms with Gasteiger partial charge in [-0.15, -0.1) is 0 Å². The maximum absolute atomic E-state index is 13.1. The summed E-state index contributed by atoms with van der Waals surface area (Å²) in [4.78, 5) is 13.1. The first kappa shape index (κ1) is 23.1. The maximum Gasteiger partial charge on any atom is 0.344 e. The Morgan fingerprint density at radius 2 is 1.21 bits per heavy atom. The number of carbonyl (C=O) groups is 1. The zero-order chi connectivity index (χ0) is 23.5. The lowest BCUT2D eigenvalue weighted by Gasteiger charge is -2.10. The molecule has 0 spiro atoms. The summed E-state index contributed by atoms with van der Waals surface area (Å²) < 4.78 is 23.3. The molecule has 0 aliphatic carbocycles. The largest absolute Gasteiger partial charge is 0.497 e. The van der Waals surface area contributed by atoms with Gasteiger partial charge in [-0.05, 0) is 91.0 Å². The first-order valence-corrected chi connectivity index (χ1v) is 11.5. The lowest BCUT2D eigenvalue weighted by molar-refractivity contribution is -0.131. The second-order valence-corrected chi connectivity index (χ2v) is 8.83. The standard InChI is InChI=1S/C26H20Br2O5/c1-30-18-8-4-16(5-9-18)23-22(14-15-12-20(27)25(32-3)21(28)13-15)33-26(29)24(23)17-6-10-19(31-2)11-7-17/h4-14H,1-3H3/b22-14-. The monoisotopic (exact) mass is 570 g/mol. The van der Waals surface area contributed by atoms with Gasteiger partial charge in [0, 0.05) is 5.57 Å². The summed E-state index contributed by atoms with van der Waals surface area (Å²) in [5.41, 5.74) is 3.61. The highest BCUT2D eigenvalue weighted by molar-refractivity contribution is 9.11. The van der Waals surface area contributed by atoms with Crippen molar-refractivity contribution in [3.8, 4) is 17.2 Å². The summed E-state index contributed by atoms with van der Waals surface area (Å²) in [6.45, 7) is 0. The normalized spacial score (nSPS) is 14.5. The summed E-state index contributed by atoms with van der Waals surface area (Å²) >= 11 is 7.06. The van der Waals surface area contributed by atoms with Crippen molar-refractivity contribution in [1.29, 1.82) is 0 Å². The molecule has 0 amide bonds. The molecule has 0 radical (unpaired) electrons. The van der Waals surface area contributed by atoms with Crippen LogP contribution in [-0.4, -0.2) is 27.3 Å². The maximum atomic E-state index is 13.1. The minimum absolute atomic E-state index is 0.413. The van der Waals surface area contributed by atoms with Crippen LogP contribution in [0.5, 0.6) is 17.2 Å². The second-order valence-electron chi connectivity index (χ2n) is 7.12. The summed E-state index contributed by atoms with van der Waals surface area (Å²) in [7, 11) is 4.82. The van der Waals surface area contributed by atoms with E-state index in [1.165, 1.54) is 0 Å². The van der Waals surface area contributed by atoms with Crippen molar-refractivity contribution in [2.24, 2.45) is 0 Å². The molecule has 0 saturated heterocycles. The van der Waals surface area contributed by atoms with Crippen LogP contribution in [0.15, 0.2) is 75.4 Å². The van der Waals surface area contributed by atoms with Gasteiger partial charge in [0.05, 0.1) is 35.8 Å². The van der Waals surface area contributed by atoms with Crippen LogP contribution in [0.3, 0.4) is 0 Å². The molecular weight excluding hydrogens is 552 g/mol. The highest BCUT2D eigenvalue weighted by Gasteiger charge is 2.32. The van der Waals surface area contributed by atoms with Gasteiger partial charge < -0.3 is 18.9 Å². The van der Waals surface area contributed by atoms with Crippen LogP contribution in [0.4, 0.5) is 0 Å². The molecule has 1 heterocycles. The van der Waals surface area contributed by atoms with E-state index in [-0.39, 0.29) is 0 Å². The summed E-state index contributed by atoms with van der Waals surface area (Å²) in [5, 5.41) is 0. The van der Waals surface area contributed by atoms with Crippen molar-refractivity contribution in [3.63, 3.8) is 0 Å². The Kier molecular flexibility index (Phi) is 6.91. The Morgan fingerprint density at radius 1 is 0.727 bits per heavy atom. The van der Waals surface area contributed by atoms with Gasteiger partial charge in [0.25, 0.3) is 0 Å². The average molecular weight is 572 g/mol. The molecule has 168 valence electrons. The van der Waals surface area contributed by atoms with Crippen LogP contribution in [-0.2, 0) is 9.53 Å². The molecule has 0 bridgehead atoms. The van der Waals surface area contributed by atoms with E-state index in [2.05, 4.69) is 31.9 Å². The zero-order valence-electron chi connectivity index (χ0n) is 18.1. The molecule has 4 rings (SSSR count). The van der Waals surface area contributed by atoms with Gasteiger partial charge >= 0.3 is 5.97 Å². The quantitative estimate of drug-likeness (QED) is 0.306. The fraction of sp³-hybridized carbons (Fsp3) is 0.115. The zero-order valence-corrected chi connectivity index (χ0v) is 21.3. The minimum Gasteiger partial charge on any atom is -0.497 e. The van der Waals surface area contributed by atoms with Gasteiger partial charge in [-0.25, -0.2) is 4.79 Å². The molecule has 3 aromatic rings. The van der Waals surface area contributed by atoms with Crippen molar-refractivity contribution in [2.75, 3.05) is 21.3 Å². The number of halogens is 2. The minimum atomic E-state index is -0.413. The van der Waals surface area contributed by atoms with Crippen LogP contribution in [0, 0.1) is 0 Å². The van der Waals surface area contributed by atoms with Gasteiger partial charge in [-0.1, -0.05) is 24.3 Å². The number of allylic oxidation sites excluding steroid dienone is 1. The van der Waals surface area contributed by atoms with Gasteiger partial charge in [0.15, 0.2) is 0 Å². The predicted molar refractivity (Wildman–Crippen MR) is 135 cm³/mol. The van der Waals surface area contributed by atoms with E-state index in [9.17, 15) is 4.79 Å². The molecular formula is C26H20Br2O5. The molecule has 0 fully saturated rings. The van der Waals surface area contributed by atoms with Crippen LogP contribution < -0.4 is 14.2 Å². The van der Waals surface area contributed by atoms with Crippen molar-refractivity contribution in [3.05, 3.63) is 92.1 Å². The lowest BCUT2D eigenvalue weighted by atomic mass is 9.94. The lowest BCUT2D eigenvalue weighted by Crippen LogP contribution is -1.98. The number of hydrogen-bond acceptors (Lipinski definition) is 5. The molecule has 1 aliphatic heterocycles. The molecule has 0 unspecified atom stereocenters. The van der Waals surface area contributed by atoms with E-state index < -0.39 is 5.97 Å². The topological polar surface area (TPSA) is 54.0 Å². The number of hydrogen-bond donors (Lipinski definition) is 0. The van der Waals surface area contributed by atoms with E-state index in [1.54, 1.807) is 21.3 Å². The third kappa shape index (κ3) is 4.70. The van der Waals surface area contributed by atoms with Crippen LogP contribution in [0.25, 0.3) is 17.2 Å². The first-order valence-electron chi connectivity index (χ1n) is 9.95. The molecule has 1 aliphatic rings. The highest BCUT2D eigenvalue weighted by atomic mass is 79.9. The molecule has 0 aromatic heterocycles. The molecule has 5 nitrogen and oxygen atoms in total. The van der Waals surface area contributed by atoms with Gasteiger partial charge in [-0.2, -0.15) is 0 Å². The number of esters is 1. The molecule has 7 heteroatoms. The fourth-order valence-corrected chi connectivity index (χ4v) is 5.15. The fourth-order valence-electron chi connectivity index (χ4n) is 3.60. The first-order chi connectivity index (χ1) is 15.9. The van der Waals surface area contributed by atoms with Gasteiger partial charge in [0.2, 0.25) is 0 Å². The Bertz CT molecular complexity index is 1240. The summed E-state index contributed by atoms with van der Waals surface area (Å²) in [6.07, 6.45) is 1.84. The van der Waals surface area contributed by atoms with E-state index in [1.807, 2.05) is 66.7 Å². The van der Waals surface area contributed by atoms with Crippen molar-refractivity contribution >= 4 is 55.1 Å². The Hall–Kier alpha value is -3.03. The third-order valence-electron chi connectivity index (χ3n) is 5.18. The number of benzene rings is 3.